The average Bonchev–Trinajstić information content (AvgIpc) is 2.91. The SMILES string of the molecule is CCCC(=O)Nc1cccc2c(Oc3ncccc3-c3ccnc(N[C@H]4CCCNC4)n3)c(C)ccc12.Cl. The van der Waals surface area contributed by atoms with E-state index >= 15 is 0 Å². The lowest BCUT2D eigenvalue weighted by Gasteiger charge is -2.23. The van der Waals surface area contributed by atoms with Gasteiger partial charge in [-0.3, -0.25) is 4.79 Å². The van der Waals surface area contributed by atoms with Crippen LogP contribution in [0.25, 0.3) is 22.0 Å². The predicted molar refractivity (Wildman–Crippen MR) is 154 cm³/mol. The molecule has 2 aromatic carbocycles. The van der Waals surface area contributed by atoms with Gasteiger partial charge < -0.3 is 20.7 Å². The number of amides is 1. The molecular formula is C29H33ClN6O2. The number of nitrogens with zero attached hydrogens (tertiary/aromatic N) is 3. The second kappa shape index (κ2) is 12.7. The van der Waals surface area contributed by atoms with Crippen molar-refractivity contribution in [2.24, 2.45) is 0 Å². The number of aromatic nitrogens is 3. The fourth-order valence-corrected chi connectivity index (χ4v) is 4.62. The van der Waals surface area contributed by atoms with Crippen LogP contribution in [0.1, 0.15) is 38.2 Å². The van der Waals surface area contributed by atoms with Crippen molar-refractivity contribution in [1.82, 2.24) is 20.3 Å². The summed E-state index contributed by atoms with van der Waals surface area (Å²) in [6.07, 6.45) is 6.96. The number of rotatable bonds is 8. The molecule has 9 heteroatoms. The monoisotopic (exact) mass is 532 g/mol. The van der Waals surface area contributed by atoms with E-state index in [1.807, 2.05) is 62.4 Å². The van der Waals surface area contributed by atoms with Gasteiger partial charge in [-0.25, -0.2) is 15.0 Å². The summed E-state index contributed by atoms with van der Waals surface area (Å²) in [7, 11) is 0. The van der Waals surface area contributed by atoms with Crippen LogP contribution in [-0.2, 0) is 4.79 Å². The number of anilines is 2. The van der Waals surface area contributed by atoms with E-state index in [1.54, 1.807) is 12.4 Å². The van der Waals surface area contributed by atoms with Crippen molar-refractivity contribution in [2.75, 3.05) is 23.7 Å². The molecule has 2 aromatic heterocycles. The summed E-state index contributed by atoms with van der Waals surface area (Å²) in [5.41, 5.74) is 3.25. The Bertz CT molecular complexity index is 1410. The summed E-state index contributed by atoms with van der Waals surface area (Å²) in [6.45, 7) is 5.95. The molecular weight excluding hydrogens is 500 g/mol. The van der Waals surface area contributed by atoms with Gasteiger partial charge in [0.2, 0.25) is 17.7 Å². The van der Waals surface area contributed by atoms with Gasteiger partial charge in [-0.2, -0.15) is 0 Å². The molecule has 0 spiro atoms. The fourth-order valence-electron chi connectivity index (χ4n) is 4.62. The molecule has 0 radical (unpaired) electrons. The maximum Gasteiger partial charge on any atom is 0.228 e. The molecule has 5 rings (SSSR count). The van der Waals surface area contributed by atoms with Gasteiger partial charge in [-0.15, -0.1) is 12.4 Å². The standard InChI is InChI=1S/C29H32N6O2.ClH/c1-3-7-26(36)34-24-11-4-9-22-21(24)13-12-19(2)27(22)37-28-23(10-6-16-31-28)25-14-17-32-29(35-25)33-20-8-5-15-30-18-20;/h4,6,9-14,16-17,20,30H,3,5,7-8,15,18H2,1-2H3,(H,34,36)(H,32,33,35);1H/t20-;/m0./s1. The quantitative estimate of drug-likeness (QED) is 0.251. The highest BCUT2D eigenvalue weighted by molar-refractivity contribution is 6.04. The van der Waals surface area contributed by atoms with E-state index in [9.17, 15) is 4.79 Å². The van der Waals surface area contributed by atoms with Gasteiger partial charge in [-0.05, 0) is 62.6 Å². The Kier molecular flexibility index (Phi) is 9.10. The number of benzene rings is 2. The molecule has 3 heterocycles. The molecule has 0 aliphatic carbocycles. The first-order valence-corrected chi connectivity index (χ1v) is 12.9. The van der Waals surface area contributed by atoms with Crippen LogP contribution in [0.2, 0.25) is 0 Å². The number of piperidine rings is 1. The Hall–Kier alpha value is -3.75. The molecule has 8 nitrogen and oxygen atoms in total. The molecule has 1 amide bonds. The normalized spacial score (nSPS) is 14.9. The molecule has 38 heavy (non-hydrogen) atoms. The van der Waals surface area contributed by atoms with Crippen LogP contribution < -0.4 is 20.7 Å². The third kappa shape index (κ3) is 6.20. The minimum atomic E-state index is 0. The minimum Gasteiger partial charge on any atom is -0.437 e. The van der Waals surface area contributed by atoms with Crippen molar-refractivity contribution in [2.45, 2.75) is 45.6 Å². The van der Waals surface area contributed by atoms with E-state index in [4.69, 9.17) is 9.72 Å². The predicted octanol–water partition coefficient (Wildman–Crippen LogP) is 6.12. The third-order valence-corrected chi connectivity index (χ3v) is 6.49. The first-order chi connectivity index (χ1) is 18.1. The third-order valence-electron chi connectivity index (χ3n) is 6.49. The number of fused-ring (bicyclic) bond motifs is 1. The van der Waals surface area contributed by atoms with Crippen LogP contribution in [0.3, 0.4) is 0 Å². The highest BCUT2D eigenvalue weighted by Crippen LogP contribution is 2.38. The summed E-state index contributed by atoms with van der Waals surface area (Å²) in [5.74, 6) is 1.75. The van der Waals surface area contributed by atoms with Crippen molar-refractivity contribution in [3.63, 3.8) is 0 Å². The van der Waals surface area contributed by atoms with E-state index in [1.165, 1.54) is 0 Å². The first-order valence-electron chi connectivity index (χ1n) is 12.9. The molecule has 1 fully saturated rings. The smallest absolute Gasteiger partial charge is 0.228 e. The lowest BCUT2D eigenvalue weighted by atomic mass is 10.0. The molecule has 0 unspecified atom stereocenters. The molecule has 1 saturated heterocycles. The van der Waals surface area contributed by atoms with Crippen LogP contribution in [0.5, 0.6) is 11.6 Å². The maximum atomic E-state index is 12.3. The molecule has 4 aromatic rings. The number of carbonyl (C=O) groups is 1. The highest BCUT2D eigenvalue weighted by Gasteiger charge is 2.17. The van der Waals surface area contributed by atoms with Crippen LogP contribution in [0.15, 0.2) is 60.9 Å². The Morgan fingerprint density at radius 1 is 1.08 bits per heavy atom. The zero-order valence-corrected chi connectivity index (χ0v) is 22.5. The Morgan fingerprint density at radius 2 is 1.97 bits per heavy atom. The second-order valence-corrected chi connectivity index (χ2v) is 9.32. The van der Waals surface area contributed by atoms with Crippen molar-refractivity contribution >= 4 is 40.7 Å². The van der Waals surface area contributed by atoms with Gasteiger partial charge in [0, 0.05) is 47.9 Å². The zero-order chi connectivity index (χ0) is 25.6. The Labute approximate surface area is 229 Å². The summed E-state index contributed by atoms with van der Waals surface area (Å²) >= 11 is 0. The molecule has 1 aliphatic heterocycles. The number of halogens is 1. The zero-order valence-electron chi connectivity index (χ0n) is 21.7. The van der Waals surface area contributed by atoms with Crippen LogP contribution in [0.4, 0.5) is 11.6 Å². The summed E-state index contributed by atoms with van der Waals surface area (Å²) < 4.78 is 6.49. The number of aryl methyl sites for hydroxylation is 1. The van der Waals surface area contributed by atoms with Gasteiger partial charge in [-0.1, -0.05) is 31.2 Å². The van der Waals surface area contributed by atoms with Gasteiger partial charge in [0.05, 0.1) is 11.3 Å². The largest absolute Gasteiger partial charge is 0.437 e. The van der Waals surface area contributed by atoms with Gasteiger partial charge in [0.25, 0.3) is 0 Å². The number of carbonyl (C=O) groups excluding carboxylic acids is 1. The minimum absolute atomic E-state index is 0. The summed E-state index contributed by atoms with van der Waals surface area (Å²) in [6, 6.07) is 15.9. The van der Waals surface area contributed by atoms with E-state index in [2.05, 4.69) is 25.9 Å². The van der Waals surface area contributed by atoms with Gasteiger partial charge in [0.15, 0.2) is 0 Å². The topological polar surface area (TPSA) is 101 Å². The fraction of sp³-hybridized carbons (Fsp3) is 0.310. The Balaban J connectivity index is 0.00000336. The molecule has 3 N–H and O–H groups in total. The number of hydrogen-bond acceptors (Lipinski definition) is 7. The average molecular weight is 533 g/mol. The lowest BCUT2D eigenvalue weighted by molar-refractivity contribution is -0.116. The van der Waals surface area contributed by atoms with E-state index in [-0.39, 0.29) is 18.3 Å². The van der Waals surface area contributed by atoms with Crippen LogP contribution in [0, 0.1) is 6.92 Å². The number of pyridine rings is 1. The maximum absolute atomic E-state index is 12.3. The van der Waals surface area contributed by atoms with Gasteiger partial charge >= 0.3 is 0 Å². The first kappa shape index (κ1) is 27.3. The summed E-state index contributed by atoms with van der Waals surface area (Å²) in [5, 5.41) is 11.7. The molecule has 0 saturated carbocycles. The summed E-state index contributed by atoms with van der Waals surface area (Å²) in [4.78, 5) is 26.0. The molecule has 1 aliphatic rings. The highest BCUT2D eigenvalue weighted by atomic mass is 35.5. The second-order valence-electron chi connectivity index (χ2n) is 9.32. The van der Waals surface area contributed by atoms with Crippen LogP contribution in [-0.4, -0.2) is 40.0 Å². The van der Waals surface area contributed by atoms with E-state index in [0.29, 0.717) is 30.0 Å². The number of hydrogen-bond donors (Lipinski definition) is 3. The van der Waals surface area contributed by atoms with Gasteiger partial charge in [0.1, 0.15) is 5.75 Å². The molecule has 198 valence electrons. The van der Waals surface area contributed by atoms with Crippen molar-refractivity contribution in [1.29, 1.82) is 0 Å². The lowest BCUT2D eigenvalue weighted by Crippen LogP contribution is -2.38. The van der Waals surface area contributed by atoms with E-state index in [0.717, 1.165) is 65.6 Å². The number of nitrogens with one attached hydrogen (secondary N) is 3. The van der Waals surface area contributed by atoms with Crippen molar-refractivity contribution < 1.29 is 9.53 Å². The van der Waals surface area contributed by atoms with E-state index < -0.39 is 0 Å². The number of ether oxygens (including phenoxy) is 1. The van der Waals surface area contributed by atoms with Crippen LogP contribution >= 0.6 is 12.4 Å². The van der Waals surface area contributed by atoms with Crippen molar-refractivity contribution in [3.05, 3.63) is 66.5 Å². The Morgan fingerprint density at radius 3 is 2.79 bits per heavy atom. The molecule has 0 bridgehead atoms. The molecule has 1 atom stereocenters. The van der Waals surface area contributed by atoms with Crippen molar-refractivity contribution in [3.8, 4) is 22.9 Å².